The molecule has 0 saturated carbocycles. The molecule has 1 heterocycles. The second-order valence-corrected chi connectivity index (χ2v) is 6.79. The highest BCUT2D eigenvalue weighted by atomic mass is 14.9. The number of benzene rings is 3. The van der Waals surface area contributed by atoms with Gasteiger partial charge in [-0.2, -0.15) is 0 Å². The topological polar surface area (TPSA) is 30.9 Å². The predicted octanol–water partition coefficient (Wildman–Crippen LogP) is 5.32. The second-order valence-electron chi connectivity index (χ2n) is 6.79. The Morgan fingerprint density at radius 1 is 0.769 bits per heavy atom. The molecule has 0 aliphatic rings. The first-order chi connectivity index (χ1) is 12.8. The largest absolute Gasteiger partial charge is 0.347 e. The molecule has 0 bridgehead atoms. The fourth-order valence-electron chi connectivity index (χ4n) is 3.84. The third-order valence-corrected chi connectivity index (χ3v) is 5.16. The van der Waals surface area contributed by atoms with E-state index in [9.17, 15) is 0 Å². The van der Waals surface area contributed by atoms with E-state index in [0.29, 0.717) is 6.54 Å². The van der Waals surface area contributed by atoms with Crippen molar-refractivity contribution in [1.29, 1.82) is 0 Å². The minimum atomic E-state index is 0.561. The van der Waals surface area contributed by atoms with Gasteiger partial charge in [0.25, 0.3) is 0 Å². The molecule has 2 heteroatoms. The summed E-state index contributed by atoms with van der Waals surface area (Å²) in [6.45, 7) is 3.71. The standard InChI is InChI=1S/C24H24N2/c1-18-7-6-10-20-14-16-26(24(18)20)15-13-19-8-2-4-11-22(19)23-12-5-3-9-21(23)17-25/h2-12,14,16H,13,15,17,25H2,1H3. The van der Waals surface area contributed by atoms with Crippen LogP contribution in [0.4, 0.5) is 0 Å². The predicted molar refractivity (Wildman–Crippen MR) is 110 cm³/mol. The Morgan fingerprint density at radius 3 is 2.23 bits per heavy atom. The SMILES string of the molecule is Cc1cccc2ccn(CCc3ccccc3-c3ccccc3CN)c12. The zero-order chi connectivity index (χ0) is 17.9. The Bertz CT molecular complexity index is 1040. The first kappa shape index (κ1) is 16.6. The summed E-state index contributed by atoms with van der Waals surface area (Å²) in [5, 5.41) is 1.31. The minimum absolute atomic E-state index is 0.561. The van der Waals surface area contributed by atoms with E-state index in [1.54, 1.807) is 0 Å². The number of fused-ring (bicyclic) bond motifs is 1. The number of aryl methyl sites for hydroxylation is 3. The molecule has 0 saturated heterocycles. The average molecular weight is 340 g/mol. The van der Waals surface area contributed by atoms with E-state index in [2.05, 4.69) is 90.5 Å². The number of nitrogens with zero attached hydrogens (tertiary/aromatic N) is 1. The van der Waals surface area contributed by atoms with Crippen LogP contribution in [-0.4, -0.2) is 4.57 Å². The van der Waals surface area contributed by atoms with Gasteiger partial charge < -0.3 is 10.3 Å². The molecule has 1 aromatic heterocycles. The zero-order valence-electron chi connectivity index (χ0n) is 15.2. The first-order valence-corrected chi connectivity index (χ1v) is 9.18. The van der Waals surface area contributed by atoms with Gasteiger partial charge in [0.05, 0.1) is 5.52 Å². The molecule has 0 amide bonds. The molecule has 0 spiro atoms. The number of aromatic nitrogens is 1. The summed E-state index contributed by atoms with van der Waals surface area (Å²) in [7, 11) is 0. The van der Waals surface area contributed by atoms with Crippen LogP contribution in [0.1, 0.15) is 16.7 Å². The van der Waals surface area contributed by atoms with Crippen molar-refractivity contribution in [2.45, 2.75) is 26.4 Å². The van der Waals surface area contributed by atoms with Crippen LogP contribution in [-0.2, 0) is 19.5 Å². The van der Waals surface area contributed by atoms with Gasteiger partial charge in [0, 0.05) is 19.3 Å². The summed E-state index contributed by atoms with van der Waals surface area (Å²) in [6, 6.07) is 25.8. The molecule has 0 atom stereocenters. The average Bonchev–Trinajstić information content (AvgIpc) is 3.11. The van der Waals surface area contributed by atoms with Crippen molar-refractivity contribution in [3.05, 3.63) is 95.7 Å². The van der Waals surface area contributed by atoms with E-state index in [-0.39, 0.29) is 0 Å². The third kappa shape index (κ3) is 3.04. The van der Waals surface area contributed by atoms with Crippen molar-refractivity contribution in [3.63, 3.8) is 0 Å². The Labute approximate surface area is 154 Å². The monoisotopic (exact) mass is 340 g/mol. The van der Waals surface area contributed by atoms with Crippen molar-refractivity contribution in [3.8, 4) is 11.1 Å². The van der Waals surface area contributed by atoms with E-state index >= 15 is 0 Å². The van der Waals surface area contributed by atoms with Crippen molar-refractivity contribution in [1.82, 2.24) is 4.57 Å². The van der Waals surface area contributed by atoms with Gasteiger partial charge in [-0.25, -0.2) is 0 Å². The number of hydrogen-bond acceptors (Lipinski definition) is 1. The molecule has 4 rings (SSSR count). The van der Waals surface area contributed by atoms with Gasteiger partial charge in [0.1, 0.15) is 0 Å². The maximum absolute atomic E-state index is 5.96. The molecule has 2 N–H and O–H groups in total. The van der Waals surface area contributed by atoms with Crippen LogP contribution >= 0.6 is 0 Å². The van der Waals surface area contributed by atoms with Crippen LogP contribution in [0.2, 0.25) is 0 Å². The van der Waals surface area contributed by atoms with Gasteiger partial charge in [-0.1, -0.05) is 66.7 Å². The maximum Gasteiger partial charge on any atom is 0.0510 e. The molecule has 0 aliphatic carbocycles. The molecular weight excluding hydrogens is 316 g/mol. The Balaban J connectivity index is 1.67. The number of para-hydroxylation sites is 1. The lowest BCUT2D eigenvalue weighted by molar-refractivity contribution is 0.722. The quantitative estimate of drug-likeness (QED) is 0.524. The minimum Gasteiger partial charge on any atom is -0.347 e. The smallest absolute Gasteiger partial charge is 0.0510 e. The summed E-state index contributed by atoms with van der Waals surface area (Å²) in [5.41, 5.74) is 13.7. The van der Waals surface area contributed by atoms with Crippen molar-refractivity contribution >= 4 is 10.9 Å². The van der Waals surface area contributed by atoms with Gasteiger partial charge in [-0.05, 0) is 52.6 Å². The summed E-state index contributed by atoms with van der Waals surface area (Å²) in [6.07, 6.45) is 3.20. The molecule has 0 aliphatic heterocycles. The molecule has 0 unspecified atom stereocenters. The molecule has 0 fully saturated rings. The molecule has 4 aromatic rings. The highest BCUT2D eigenvalue weighted by molar-refractivity contribution is 5.83. The fraction of sp³-hybridized carbons (Fsp3) is 0.167. The number of hydrogen-bond donors (Lipinski definition) is 1. The lowest BCUT2D eigenvalue weighted by atomic mass is 9.94. The van der Waals surface area contributed by atoms with Gasteiger partial charge >= 0.3 is 0 Å². The van der Waals surface area contributed by atoms with Crippen LogP contribution in [0.25, 0.3) is 22.0 Å². The van der Waals surface area contributed by atoms with Crippen molar-refractivity contribution in [2.24, 2.45) is 5.73 Å². The van der Waals surface area contributed by atoms with E-state index in [1.165, 1.54) is 38.7 Å². The van der Waals surface area contributed by atoms with Crippen LogP contribution in [0.5, 0.6) is 0 Å². The Hall–Kier alpha value is -2.84. The zero-order valence-corrected chi connectivity index (χ0v) is 15.2. The van der Waals surface area contributed by atoms with Gasteiger partial charge in [-0.15, -0.1) is 0 Å². The molecule has 26 heavy (non-hydrogen) atoms. The van der Waals surface area contributed by atoms with Crippen LogP contribution in [0.15, 0.2) is 79.0 Å². The summed E-state index contributed by atoms with van der Waals surface area (Å²) < 4.78 is 2.37. The molecular formula is C24H24N2. The Morgan fingerprint density at radius 2 is 1.46 bits per heavy atom. The third-order valence-electron chi connectivity index (χ3n) is 5.16. The van der Waals surface area contributed by atoms with Crippen LogP contribution < -0.4 is 5.73 Å². The Kier molecular flexibility index (Phi) is 4.59. The first-order valence-electron chi connectivity index (χ1n) is 9.18. The molecule has 130 valence electrons. The van der Waals surface area contributed by atoms with E-state index in [1.807, 2.05) is 0 Å². The number of nitrogens with two attached hydrogens (primary N) is 1. The molecule has 0 radical (unpaired) electrons. The summed E-state index contributed by atoms with van der Waals surface area (Å²) >= 11 is 0. The molecule has 3 aromatic carbocycles. The second kappa shape index (κ2) is 7.19. The summed E-state index contributed by atoms with van der Waals surface area (Å²) in [4.78, 5) is 0. The fourth-order valence-corrected chi connectivity index (χ4v) is 3.84. The van der Waals surface area contributed by atoms with Gasteiger partial charge in [0.2, 0.25) is 0 Å². The summed E-state index contributed by atoms with van der Waals surface area (Å²) in [5.74, 6) is 0. The number of rotatable bonds is 5. The lowest BCUT2D eigenvalue weighted by Crippen LogP contribution is -2.04. The normalized spacial score (nSPS) is 11.2. The van der Waals surface area contributed by atoms with Crippen molar-refractivity contribution in [2.75, 3.05) is 0 Å². The van der Waals surface area contributed by atoms with Crippen molar-refractivity contribution < 1.29 is 0 Å². The van der Waals surface area contributed by atoms with Crippen LogP contribution in [0.3, 0.4) is 0 Å². The highest BCUT2D eigenvalue weighted by Gasteiger charge is 2.09. The van der Waals surface area contributed by atoms with Gasteiger partial charge in [-0.3, -0.25) is 0 Å². The molecule has 2 nitrogen and oxygen atoms in total. The van der Waals surface area contributed by atoms with E-state index in [0.717, 1.165) is 13.0 Å². The van der Waals surface area contributed by atoms with Crippen LogP contribution in [0, 0.1) is 6.92 Å². The highest BCUT2D eigenvalue weighted by Crippen LogP contribution is 2.28. The maximum atomic E-state index is 5.96. The van der Waals surface area contributed by atoms with E-state index in [4.69, 9.17) is 5.73 Å². The van der Waals surface area contributed by atoms with Gasteiger partial charge in [0.15, 0.2) is 0 Å². The lowest BCUT2D eigenvalue weighted by Gasteiger charge is -2.14. The van der Waals surface area contributed by atoms with E-state index < -0.39 is 0 Å².